The first-order chi connectivity index (χ1) is 10.8. The molecule has 0 unspecified atom stereocenters. The number of carbonyl (C=O) groups excluding carboxylic acids is 2. The molecule has 4 nitrogen and oxygen atoms in total. The van der Waals surface area contributed by atoms with Crippen LogP contribution in [0.4, 0.5) is 4.39 Å². The number of carbonyl (C=O) groups is 2. The number of hydrazine groups is 1. The minimum Gasteiger partial charge on any atom is -0.272 e. The van der Waals surface area contributed by atoms with Crippen LogP contribution in [0.5, 0.6) is 0 Å². The average Bonchev–Trinajstić information content (AvgIpc) is 2.47. The first-order valence-electron chi connectivity index (χ1n) is 7.61. The van der Waals surface area contributed by atoms with E-state index in [0.29, 0.717) is 0 Å². The zero-order valence-corrected chi connectivity index (χ0v) is 14.1. The van der Waals surface area contributed by atoms with Crippen LogP contribution in [0.1, 0.15) is 57.3 Å². The molecule has 2 amide bonds. The summed E-state index contributed by atoms with van der Waals surface area (Å²) in [5.41, 5.74) is 2.09. The number of rotatable bonds is 3. The minimum atomic E-state index is -0.619. The number of nitrogens with zero attached hydrogens (tertiary/aromatic N) is 1. The van der Waals surface area contributed by atoms with Crippen LogP contribution in [0.25, 0.3) is 0 Å². The Bertz CT molecular complexity index is 624. The maximum absolute atomic E-state index is 13.2. The SMILES string of the molecule is CCCC#CCC(=O)N(NC(=O)c1cccc(F)c1)C(C)(C)C. The molecule has 0 radical (unpaired) electrons. The number of amides is 2. The van der Waals surface area contributed by atoms with Crippen LogP contribution in [0, 0.1) is 17.7 Å². The zero-order chi connectivity index (χ0) is 17.5. The fraction of sp³-hybridized carbons (Fsp3) is 0.444. The molecule has 1 N–H and O–H groups in total. The third-order valence-electron chi connectivity index (χ3n) is 2.96. The third kappa shape index (κ3) is 6.11. The lowest BCUT2D eigenvalue weighted by Gasteiger charge is -2.35. The molecule has 5 heteroatoms. The largest absolute Gasteiger partial charge is 0.272 e. The van der Waals surface area contributed by atoms with Crippen molar-refractivity contribution in [2.45, 2.75) is 52.5 Å². The normalized spacial score (nSPS) is 10.5. The highest BCUT2D eigenvalue weighted by Crippen LogP contribution is 2.13. The van der Waals surface area contributed by atoms with Gasteiger partial charge < -0.3 is 0 Å². The first kappa shape index (κ1) is 18.7. The van der Waals surface area contributed by atoms with E-state index in [-0.39, 0.29) is 17.9 Å². The van der Waals surface area contributed by atoms with Crippen LogP contribution < -0.4 is 5.43 Å². The van der Waals surface area contributed by atoms with Gasteiger partial charge in [-0.05, 0) is 45.4 Å². The average molecular weight is 318 g/mol. The first-order valence-corrected chi connectivity index (χ1v) is 7.61. The molecule has 0 saturated carbocycles. The van der Waals surface area contributed by atoms with E-state index < -0.39 is 17.3 Å². The molecule has 0 atom stereocenters. The molecule has 1 aromatic rings. The lowest BCUT2D eigenvalue weighted by atomic mass is 10.1. The van der Waals surface area contributed by atoms with Crippen LogP contribution >= 0.6 is 0 Å². The Balaban J connectivity index is 2.85. The van der Waals surface area contributed by atoms with Crippen molar-refractivity contribution in [1.82, 2.24) is 10.4 Å². The minimum absolute atomic E-state index is 0.0285. The Labute approximate surface area is 137 Å². The van der Waals surface area contributed by atoms with Gasteiger partial charge in [0.25, 0.3) is 11.8 Å². The van der Waals surface area contributed by atoms with Gasteiger partial charge in [-0.3, -0.25) is 15.0 Å². The van der Waals surface area contributed by atoms with Gasteiger partial charge in [0.1, 0.15) is 5.82 Å². The summed E-state index contributed by atoms with van der Waals surface area (Å²) in [4.78, 5) is 24.5. The molecular formula is C18H23FN2O2. The predicted molar refractivity (Wildman–Crippen MR) is 87.8 cm³/mol. The maximum Gasteiger partial charge on any atom is 0.269 e. The van der Waals surface area contributed by atoms with Gasteiger partial charge in [-0.1, -0.05) is 18.9 Å². The van der Waals surface area contributed by atoms with Crippen LogP contribution in [0.15, 0.2) is 24.3 Å². The van der Waals surface area contributed by atoms with Gasteiger partial charge in [-0.15, -0.1) is 5.92 Å². The van der Waals surface area contributed by atoms with E-state index in [9.17, 15) is 14.0 Å². The fourth-order valence-electron chi connectivity index (χ4n) is 1.83. The van der Waals surface area contributed by atoms with Gasteiger partial charge in [0.2, 0.25) is 0 Å². The van der Waals surface area contributed by atoms with Crippen LogP contribution in [-0.2, 0) is 4.79 Å². The molecule has 0 heterocycles. The Hall–Kier alpha value is -2.35. The molecule has 0 aliphatic rings. The monoisotopic (exact) mass is 318 g/mol. The van der Waals surface area contributed by atoms with E-state index in [2.05, 4.69) is 17.3 Å². The summed E-state index contributed by atoms with van der Waals surface area (Å²) in [6.07, 6.45) is 1.69. The summed E-state index contributed by atoms with van der Waals surface area (Å²) in [6, 6.07) is 5.32. The third-order valence-corrected chi connectivity index (χ3v) is 2.96. The Morgan fingerprint density at radius 3 is 2.52 bits per heavy atom. The summed E-state index contributed by atoms with van der Waals surface area (Å²) in [7, 11) is 0. The summed E-state index contributed by atoms with van der Waals surface area (Å²) in [6.45, 7) is 7.42. The maximum atomic E-state index is 13.2. The van der Waals surface area contributed by atoms with Crippen molar-refractivity contribution in [3.63, 3.8) is 0 Å². The van der Waals surface area contributed by atoms with Crippen LogP contribution in [0.2, 0.25) is 0 Å². The molecular weight excluding hydrogens is 295 g/mol. The van der Waals surface area contributed by atoms with Crippen molar-refractivity contribution >= 4 is 11.8 Å². The second-order valence-electron chi connectivity index (χ2n) is 6.13. The summed E-state index contributed by atoms with van der Waals surface area (Å²) < 4.78 is 13.2. The smallest absolute Gasteiger partial charge is 0.269 e. The van der Waals surface area contributed by atoms with E-state index >= 15 is 0 Å². The number of halogens is 1. The molecule has 124 valence electrons. The highest BCUT2D eigenvalue weighted by atomic mass is 19.1. The second kappa shape index (κ2) is 8.33. The predicted octanol–water partition coefficient (Wildman–Crippen LogP) is 3.29. The van der Waals surface area contributed by atoms with Gasteiger partial charge in [0.15, 0.2) is 0 Å². The molecule has 0 bridgehead atoms. The Morgan fingerprint density at radius 2 is 1.96 bits per heavy atom. The topological polar surface area (TPSA) is 49.4 Å². The second-order valence-corrected chi connectivity index (χ2v) is 6.13. The Kier molecular flexibility index (Phi) is 6.77. The lowest BCUT2D eigenvalue weighted by Crippen LogP contribution is -2.55. The van der Waals surface area contributed by atoms with Crippen molar-refractivity contribution < 1.29 is 14.0 Å². The highest BCUT2D eigenvalue weighted by Gasteiger charge is 2.28. The zero-order valence-electron chi connectivity index (χ0n) is 14.1. The van der Waals surface area contributed by atoms with Gasteiger partial charge in [-0.25, -0.2) is 9.40 Å². The van der Waals surface area contributed by atoms with E-state index in [1.807, 2.05) is 6.92 Å². The molecule has 0 spiro atoms. The fourth-order valence-corrected chi connectivity index (χ4v) is 1.83. The summed E-state index contributed by atoms with van der Waals surface area (Å²) >= 11 is 0. The van der Waals surface area contributed by atoms with Crippen molar-refractivity contribution in [2.24, 2.45) is 0 Å². The molecule has 23 heavy (non-hydrogen) atoms. The van der Waals surface area contributed by atoms with Crippen molar-refractivity contribution in [1.29, 1.82) is 0 Å². The van der Waals surface area contributed by atoms with E-state index in [0.717, 1.165) is 18.9 Å². The molecule has 0 saturated heterocycles. The van der Waals surface area contributed by atoms with E-state index in [1.165, 1.54) is 23.2 Å². The molecule has 0 aliphatic carbocycles. The number of nitrogens with one attached hydrogen (secondary N) is 1. The number of unbranched alkanes of at least 4 members (excludes halogenated alkanes) is 1. The van der Waals surface area contributed by atoms with E-state index in [4.69, 9.17) is 0 Å². The van der Waals surface area contributed by atoms with Gasteiger partial charge in [-0.2, -0.15) is 0 Å². The number of hydrogen-bond acceptors (Lipinski definition) is 2. The lowest BCUT2D eigenvalue weighted by molar-refractivity contribution is -0.138. The molecule has 0 aliphatic heterocycles. The molecule has 0 aromatic heterocycles. The van der Waals surface area contributed by atoms with Crippen LogP contribution in [-0.4, -0.2) is 22.4 Å². The van der Waals surface area contributed by atoms with Crippen molar-refractivity contribution in [3.05, 3.63) is 35.6 Å². The molecule has 1 rings (SSSR count). The summed E-state index contributed by atoms with van der Waals surface area (Å²) in [5, 5.41) is 1.25. The number of benzene rings is 1. The summed E-state index contributed by atoms with van der Waals surface area (Å²) in [5.74, 6) is 4.38. The standard InChI is InChI=1S/C18H23FN2O2/c1-5-6-7-8-12-16(22)21(18(2,3)4)20-17(23)14-10-9-11-15(19)13-14/h9-11,13H,5-6,12H2,1-4H3,(H,20,23). The number of hydrogen-bond donors (Lipinski definition) is 1. The highest BCUT2D eigenvalue weighted by molar-refractivity contribution is 5.95. The van der Waals surface area contributed by atoms with Gasteiger partial charge in [0.05, 0.1) is 12.0 Å². The van der Waals surface area contributed by atoms with E-state index in [1.54, 1.807) is 20.8 Å². The van der Waals surface area contributed by atoms with Crippen molar-refractivity contribution in [2.75, 3.05) is 0 Å². The quantitative estimate of drug-likeness (QED) is 0.687. The van der Waals surface area contributed by atoms with Gasteiger partial charge in [0, 0.05) is 12.0 Å². The van der Waals surface area contributed by atoms with Gasteiger partial charge >= 0.3 is 0 Å². The Morgan fingerprint density at radius 1 is 1.26 bits per heavy atom. The molecule has 0 fully saturated rings. The molecule has 1 aromatic carbocycles. The van der Waals surface area contributed by atoms with Crippen molar-refractivity contribution in [3.8, 4) is 11.8 Å². The van der Waals surface area contributed by atoms with Crippen LogP contribution in [0.3, 0.4) is 0 Å².